The molecule has 1 atom stereocenters. The van der Waals surface area contributed by atoms with E-state index in [9.17, 15) is 4.79 Å². The average molecular weight is 255 g/mol. The number of hydrogen-bond donors (Lipinski definition) is 1. The highest BCUT2D eigenvalue weighted by Crippen LogP contribution is 2.13. The molecule has 1 N–H and O–H groups in total. The van der Waals surface area contributed by atoms with E-state index in [-0.39, 0.29) is 12.0 Å². The minimum atomic E-state index is 0.0127. The Hall–Kier alpha value is -0.980. The van der Waals surface area contributed by atoms with E-state index in [1.165, 1.54) is 11.3 Å². The number of hydrogen-bond acceptors (Lipinski definition) is 5. The summed E-state index contributed by atoms with van der Waals surface area (Å²) in [5.74, 6) is 0.0127. The van der Waals surface area contributed by atoms with Gasteiger partial charge in [0.2, 0.25) is 0 Å². The number of nitrogens with one attached hydrogen (secondary N) is 1. The van der Waals surface area contributed by atoms with Crippen LogP contribution in [0.5, 0.6) is 0 Å². The zero-order valence-corrected chi connectivity index (χ0v) is 10.9. The molecule has 2 heterocycles. The van der Waals surface area contributed by atoms with Crippen molar-refractivity contribution < 1.29 is 9.53 Å². The molecule has 17 heavy (non-hydrogen) atoms. The SMILES string of the molecule is CNCC1CN(C(=O)c2csc(C)n2)CCO1. The number of nitrogens with zero attached hydrogens (tertiary/aromatic N) is 2. The lowest BCUT2D eigenvalue weighted by Gasteiger charge is -2.32. The summed E-state index contributed by atoms with van der Waals surface area (Å²) in [5.41, 5.74) is 0.553. The normalized spacial score (nSPS) is 20.6. The van der Waals surface area contributed by atoms with Crippen molar-refractivity contribution in [3.8, 4) is 0 Å². The number of aromatic nitrogens is 1. The second-order valence-corrected chi connectivity index (χ2v) is 5.12. The van der Waals surface area contributed by atoms with Crippen LogP contribution >= 0.6 is 11.3 Å². The fraction of sp³-hybridized carbons (Fsp3) is 0.636. The summed E-state index contributed by atoms with van der Waals surface area (Å²) in [7, 11) is 1.88. The van der Waals surface area contributed by atoms with Crippen molar-refractivity contribution in [1.29, 1.82) is 0 Å². The predicted molar refractivity (Wildman–Crippen MR) is 66.4 cm³/mol. The van der Waals surface area contributed by atoms with Crippen LogP contribution in [-0.4, -0.2) is 55.2 Å². The summed E-state index contributed by atoms with van der Waals surface area (Å²) in [6, 6.07) is 0. The topological polar surface area (TPSA) is 54.5 Å². The Labute approximate surface area is 105 Å². The van der Waals surface area contributed by atoms with E-state index in [0.29, 0.717) is 25.4 Å². The highest BCUT2D eigenvalue weighted by molar-refractivity contribution is 7.09. The first kappa shape index (κ1) is 12.5. The summed E-state index contributed by atoms with van der Waals surface area (Å²) in [5, 5.41) is 5.81. The van der Waals surface area contributed by atoms with Gasteiger partial charge in [-0.1, -0.05) is 0 Å². The van der Waals surface area contributed by atoms with Crippen LogP contribution in [0.3, 0.4) is 0 Å². The third-order valence-electron chi connectivity index (χ3n) is 2.70. The maximum atomic E-state index is 12.2. The maximum Gasteiger partial charge on any atom is 0.273 e. The Morgan fingerprint density at radius 3 is 3.24 bits per heavy atom. The van der Waals surface area contributed by atoms with Gasteiger partial charge in [0.1, 0.15) is 5.69 Å². The summed E-state index contributed by atoms with van der Waals surface area (Å²) >= 11 is 1.51. The van der Waals surface area contributed by atoms with Crippen molar-refractivity contribution in [1.82, 2.24) is 15.2 Å². The van der Waals surface area contributed by atoms with Crippen LogP contribution in [0.25, 0.3) is 0 Å². The molecule has 6 heteroatoms. The first-order valence-electron chi connectivity index (χ1n) is 5.68. The van der Waals surface area contributed by atoms with E-state index in [4.69, 9.17) is 4.74 Å². The Morgan fingerprint density at radius 1 is 1.76 bits per heavy atom. The number of thiazole rings is 1. The zero-order chi connectivity index (χ0) is 12.3. The van der Waals surface area contributed by atoms with Crippen LogP contribution in [-0.2, 0) is 4.74 Å². The molecule has 1 aliphatic rings. The molecule has 0 aliphatic carbocycles. The van der Waals surface area contributed by atoms with Crippen molar-refractivity contribution in [2.75, 3.05) is 33.3 Å². The Kier molecular flexibility index (Phi) is 4.09. The molecule has 0 saturated carbocycles. The molecule has 0 radical (unpaired) electrons. The highest BCUT2D eigenvalue weighted by atomic mass is 32.1. The molecule has 1 aromatic heterocycles. The largest absolute Gasteiger partial charge is 0.373 e. The van der Waals surface area contributed by atoms with E-state index >= 15 is 0 Å². The smallest absolute Gasteiger partial charge is 0.273 e. The second kappa shape index (κ2) is 5.57. The molecule has 1 unspecified atom stereocenters. The van der Waals surface area contributed by atoms with Crippen molar-refractivity contribution in [2.24, 2.45) is 0 Å². The van der Waals surface area contributed by atoms with Gasteiger partial charge < -0.3 is 15.0 Å². The van der Waals surface area contributed by atoms with E-state index in [0.717, 1.165) is 11.6 Å². The third kappa shape index (κ3) is 3.02. The first-order valence-corrected chi connectivity index (χ1v) is 6.56. The van der Waals surface area contributed by atoms with Gasteiger partial charge in [0, 0.05) is 25.0 Å². The van der Waals surface area contributed by atoms with Gasteiger partial charge in [0.25, 0.3) is 5.91 Å². The van der Waals surface area contributed by atoms with E-state index in [1.807, 2.05) is 24.3 Å². The fourth-order valence-corrected chi connectivity index (χ4v) is 2.47. The summed E-state index contributed by atoms with van der Waals surface area (Å²) in [4.78, 5) is 18.2. The van der Waals surface area contributed by atoms with Crippen LogP contribution in [0.15, 0.2) is 5.38 Å². The lowest BCUT2D eigenvalue weighted by molar-refractivity contribution is -0.0197. The molecule has 1 amide bonds. The monoisotopic (exact) mass is 255 g/mol. The van der Waals surface area contributed by atoms with Gasteiger partial charge in [-0.25, -0.2) is 4.98 Å². The quantitative estimate of drug-likeness (QED) is 0.855. The standard InChI is InChI=1S/C11H17N3O2S/c1-8-13-10(7-17-8)11(15)14-3-4-16-9(6-14)5-12-2/h7,9,12H,3-6H2,1-2H3. The van der Waals surface area contributed by atoms with Crippen molar-refractivity contribution in [2.45, 2.75) is 13.0 Å². The van der Waals surface area contributed by atoms with Crippen LogP contribution in [0.4, 0.5) is 0 Å². The lowest BCUT2D eigenvalue weighted by atomic mass is 10.2. The zero-order valence-electron chi connectivity index (χ0n) is 10.1. The number of likely N-dealkylation sites (N-methyl/N-ethyl adjacent to an activating group) is 1. The van der Waals surface area contributed by atoms with Crippen molar-refractivity contribution in [3.05, 3.63) is 16.1 Å². The summed E-state index contributed by atoms with van der Waals surface area (Å²) in [6.45, 7) is 4.55. The van der Waals surface area contributed by atoms with E-state index in [1.54, 1.807) is 0 Å². The number of carbonyl (C=O) groups excluding carboxylic acids is 1. The van der Waals surface area contributed by atoms with Crippen LogP contribution in [0.1, 0.15) is 15.5 Å². The Bertz CT molecular complexity index is 392. The molecule has 5 nitrogen and oxygen atoms in total. The van der Waals surface area contributed by atoms with E-state index in [2.05, 4.69) is 10.3 Å². The van der Waals surface area contributed by atoms with Gasteiger partial charge in [-0.05, 0) is 14.0 Å². The maximum absolute atomic E-state index is 12.2. The van der Waals surface area contributed by atoms with Crippen molar-refractivity contribution >= 4 is 17.2 Å². The van der Waals surface area contributed by atoms with Gasteiger partial charge in [-0.3, -0.25) is 4.79 Å². The molecule has 94 valence electrons. The van der Waals surface area contributed by atoms with E-state index < -0.39 is 0 Å². The molecular weight excluding hydrogens is 238 g/mol. The first-order chi connectivity index (χ1) is 8.20. The van der Waals surface area contributed by atoms with Gasteiger partial charge in [-0.15, -0.1) is 11.3 Å². The fourth-order valence-electron chi connectivity index (χ4n) is 1.88. The molecule has 1 aromatic rings. The molecule has 0 spiro atoms. The number of ether oxygens (including phenoxy) is 1. The molecule has 1 fully saturated rings. The third-order valence-corrected chi connectivity index (χ3v) is 3.47. The highest BCUT2D eigenvalue weighted by Gasteiger charge is 2.25. The predicted octanol–water partition coefficient (Wildman–Crippen LogP) is 0.512. The minimum Gasteiger partial charge on any atom is -0.373 e. The Morgan fingerprint density at radius 2 is 2.59 bits per heavy atom. The van der Waals surface area contributed by atoms with Gasteiger partial charge in [0.15, 0.2) is 0 Å². The molecule has 2 rings (SSSR count). The number of carbonyl (C=O) groups is 1. The molecule has 0 bridgehead atoms. The minimum absolute atomic E-state index is 0.0127. The molecule has 1 saturated heterocycles. The molecule has 1 aliphatic heterocycles. The van der Waals surface area contributed by atoms with Gasteiger partial charge in [0.05, 0.1) is 17.7 Å². The van der Waals surface area contributed by atoms with Gasteiger partial charge >= 0.3 is 0 Å². The molecular formula is C11H17N3O2S. The molecule has 0 aromatic carbocycles. The summed E-state index contributed by atoms with van der Waals surface area (Å²) in [6.07, 6.45) is 0.0810. The summed E-state index contributed by atoms with van der Waals surface area (Å²) < 4.78 is 5.57. The average Bonchev–Trinajstić information content (AvgIpc) is 2.76. The van der Waals surface area contributed by atoms with Crippen molar-refractivity contribution in [3.63, 3.8) is 0 Å². The second-order valence-electron chi connectivity index (χ2n) is 4.05. The number of rotatable bonds is 3. The number of morpholine rings is 1. The Balaban J connectivity index is 1.99. The lowest BCUT2D eigenvalue weighted by Crippen LogP contribution is -2.48. The van der Waals surface area contributed by atoms with Crippen LogP contribution < -0.4 is 5.32 Å². The van der Waals surface area contributed by atoms with Gasteiger partial charge in [-0.2, -0.15) is 0 Å². The van der Waals surface area contributed by atoms with Crippen LogP contribution in [0, 0.1) is 6.92 Å². The van der Waals surface area contributed by atoms with Crippen LogP contribution in [0.2, 0.25) is 0 Å². The number of aryl methyl sites for hydroxylation is 1. The number of amides is 1.